The van der Waals surface area contributed by atoms with Crippen LogP contribution >= 0.6 is 0 Å². The van der Waals surface area contributed by atoms with Gasteiger partial charge in [0.15, 0.2) is 5.58 Å². The molecule has 5 aromatic rings. The minimum Gasteiger partial charge on any atom is -0.507 e. The summed E-state index contributed by atoms with van der Waals surface area (Å²) in [5.74, 6) is 0.401. The van der Waals surface area contributed by atoms with Gasteiger partial charge in [0.05, 0.1) is 27.2 Å². The van der Waals surface area contributed by atoms with Gasteiger partial charge in [0.25, 0.3) is 5.69 Å². The first-order valence-electron chi connectivity index (χ1n) is 11.2. The maximum atomic E-state index is 11.4. The van der Waals surface area contributed by atoms with E-state index in [1.807, 2.05) is 25.1 Å². The van der Waals surface area contributed by atoms with Crippen LogP contribution in [0.5, 0.6) is 17.2 Å². The van der Waals surface area contributed by atoms with E-state index in [0.717, 1.165) is 17.7 Å². The van der Waals surface area contributed by atoms with Gasteiger partial charge in [-0.2, -0.15) is 0 Å². The van der Waals surface area contributed by atoms with Crippen LogP contribution in [-0.2, 0) is 0 Å². The van der Waals surface area contributed by atoms with Crippen molar-refractivity contribution in [3.63, 3.8) is 0 Å². The maximum absolute atomic E-state index is 11.4. The molecule has 38 heavy (non-hydrogen) atoms. The summed E-state index contributed by atoms with van der Waals surface area (Å²) in [6.45, 7) is 1.95. The highest BCUT2D eigenvalue weighted by atomic mass is 16.6. The number of phenols is 1. The first-order valence-corrected chi connectivity index (χ1v) is 11.2. The van der Waals surface area contributed by atoms with Crippen molar-refractivity contribution in [2.24, 2.45) is 4.99 Å². The molecule has 1 aromatic heterocycles. The number of nitro benzene ring substituents is 2. The number of oxazole rings is 1. The number of hydrogen-bond acceptors (Lipinski definition) is 9. The van der Waals surface area contributed by atoms with Crippen LogP contribution in [0.15, 0.2) is 88.3 Å². The second-order valence-corrected chi connectivity index (χ2v) is 8.29. The lowest BCUT2D eigenvalue weighted by molar-refractivity contribution is -0.394. The van der Waals surface area contributed by atoms with Crippen molar-refractivity contribution >= 4 is 34.4 Å². The van der Waals surface area contributed by atoms with Crippen LogP contribution in [0.25, 0.3) is 22.6 Å². The molecule has 11 nitrogen and oxygen atoms in total. The molecular formula is C27H18N4O7. The maximum Gasteiger partial charge on any atom is 0.318 e. The predicted octanol–water partition coefficient (Wildman–Crippen LogP) is 6.87. The van der Waals surface area contributed by atoms with Gasteiger partial charge in [0, 0.05) is 12.3 Å². The summed E-state index contributed by atoms with van der Waals surface area (Å²) < 4.78 is 11.5. The Morgan fingerprint density at radius 3 is 2.61 bits per heavy atom. The van der Waals surface area contributed by atoms with E-state index in [1.54, 1.807) is 42.6 Å². The number of aromatic hydroxyl groups is 1. The lowest BCUT2D eigenvalue weighted by atomic mass is 10.1. The summed E-state index contributed by atoms with van der Waals surface area (Å²) in [6, 6.07) is 20.2. The van der Waals surface area contributed by atoms with Crippen LogP contribution in [0.4, 0.5) is 17.1 Å². The highest BCUT2D eigenvalue weighted by Gasteiger charge is 2.21. The molecular weight excluding hydrogens is 492 g/mol. The predicted molar refractivity (Wildman–Crippen MR) is 139 cm³/mol. The number of nitro groups is 2. The molecule has 0 fully saturated rings. The number of non-ortho nitro benzene ring substituents is 1. The Hall–Kier alpha value is -5.58. The highest BCUT2D eigenvalue weighted by Crippen LogP contribution is 2.36. The smallest absolute Gasteiger partial charge is 0.318 e. The van der Waals surface area contributed by atoms with Crippen LogP contribution in [0.3, 0.4) is 0 Å². The Balaban J connectivity index is 1.39. The third-order valence-corrected chi connectivity index (χ3v) is 5.55. The zero-order valence-electron chi connectivity index (χ0n) is 19.8. The van der Waals surface area contributed by atoms with E-state index in [0.29, 0.717) is 27.9 Å². The van der Waals surface area contributed by atoms with Crippen LogP contribution in [0.1, 0.15) is 11.1 Å². The minimum absolute atomic E-state index is 0.00711. The second kappa shape index (κ2) is 9.82. The molecule has 188 valence electrons. The molecule has 0 aliphatic carbocycles. The Bertz CT molecular complexity index is 1740. The lowest BCUT2D eigenvalue weighted by Gasteiger charge is -2.07. The molecule has 0 radical (unpaired) electrons. The molecule has 0 unspecified atom stereocenters. The van der Waals surface area contributed by atoms with E-state index < -0.39 is 21.2 Å². The van der Waals surface area contributed by atoms with Crippen molar-refractivity contribution in [1.82, 2.24) is 4.98 Å². The molecule has 0 saturated carbocycles. The largest absolute Gasteiger partial charge is 0.507 e. The average Bonchev–Trinajstić information content (AvgIpc) is 3.31. The van der Waals surface area contributed by atoms with Crippen LogP contribution in [0.2, 0.25) is 0 Å². The summed E-state index contributed by atoms with van der Waals surface area (Å²) >= 11 is 0. The van der Waals surface area contributed by atoms with Crippen molar-refractivity contribution < 1.29 is 24.1 Å². The van der Waals surface area contributed by atoms with Crippen LogP contribution in [0, 0.1) is 27.2 Å². The number of benzene rings is 4. The highest BCUT2D eigenvalue weighted by molar-refractivity contribution is 5.84. The monoisotopic (exact) mass is 510 g/mol. The van der Waals surface area contributed by atoms with E-state index in [-0.39, 0.29) is 23.1 Å². The number of aryl methyl sites for hydroxylation is 1. The van der Waals surface area contributed by atoms with E-state index in [2.05, 4.69) is 9.98 Å². The van der Waals surface area contributed by atoms with Crippen molar-refractivity contribution in [1.29, 1.82) is 0 Å². The number of fused-ring (bicyclic) bond motifs is 1. The first kappa shape index (κ1) is 24.1. The van der Waals surface area contributed by atoms with Crippen molar-refractivity contribution in [2.45, 2.75) is 6.92 Å². The fourth-order valence-electron chi connectivity index (χ4n) is 3.71. The number of hydrogen-bond donors (Lipinski definition) is 1. The number of rotatable bonds is 7. The van der Waals surface area contributed by atoms with Gasteiger partial charge < -0.3 is 14.3 Å². The van der Waals surface area contributed by atoms with E-state index >= 15 is 0 Å². The summed E-state index contributed by atoms with van der Waals surface area (Å²) in [5.41, 5.74) is 2.91. The Morgan fingerprint density at radius 1 is 0.974 bits per heavy atom. The summed E-state index contributed by atoms with van der Waals surface area (Å²) in [5, 5.41) is 32.7. The van der Waals surface area contributed by atoms with Gasteiger partial charge in [0.1, 0.15) is 17.0 Å². The van der Waals surface area contributed by atoms with Crippen molar-refractivity contribution in [3.05, 3.63) is 110 Å². The molecule has 4 aromatic carbocycles. The zero-order valence-corrected chi connectivity index (χ0v) is 19.8. The SMILES string of the molecule is Cc1ccc2oc(-c3cc(N=Cc4cccc(Oc5ccc([N+](=O)[O-])cc5[N+](=O)[O-])c4)ccc3O)nc2c1. The molecule has 1 N–H and O–H groups in total. The number of phenolic OH excluding ortho intramolecular Hbond substituents is 1. The van der Waals surface area contributed by atoms with E-state index in [4.69, 9.17) is 9.15 Å². The Kier molecular flexibility index (Phi) is 6.23. The lowest BCUT2D eigenvalue weighted by Crippen LogP contribution is -1.96. The van der Waals surface area contributed by atoms with Crippen LogP contribution < -0.4 is 4.74 Å². The van der Waals surface area contributed by atoms with Gasteiger partial charge in [-0.1, -0.05) is 18.2 Å². The molecule has 1 heterocycles. The van der Waals surface area contributed by atoms with Gasteiger partial charge in [-0.15, -0.1) is 0 Å². The molecule has 0 saturated heterocycles. The normalized spacial score (nSPS) is 11.2. The molecule has 0 aliphatic heterocycles. The molecule has 0 amide bonds. The summed E-state index contributed by atoms with van der Waals surface area (Å²) in [7, 11) is 0. The first-order chi connectivity index (χ1) is 18.3. The molecule has 0 bridgehead atoms. The third kappa shape index (κ3) is 5.02. The second-order valence-electron chi connectivity index (χ2n) is 8.29. The quantitative estimate of drug-likeness (QED) is 0.141. The Labute approximate surface area is 214 Å². The number of aromatic nitrogens is 1. The van der Waals surface area contributed by atoms with Gasteiger partial charge in [0.2, 0.25) is 11.6 Å². The third-order valence-electron chi connectivity index (χ3n) is 5.55. The molecule has 0 aliphatic rings. The van der Waals surface area contributed by atoms with Gasteiger partial charge in [-0.25, -0.2) is 4.98 Å². The molecule has 5 rings (SSSR count). The number of aliphatic imine (C=N–C) groups is 1. The molecule has 0 atom stereocenters. The Morgan fingerprint density at radius 2 is 1.82 bits per heavy atom. The number of ether oxygens (including phenoxy) is 1. The van der Waals surface area contributed by atoms with Gasteiger partial charge in [-0.3, -0.25) is 25.2 Å². The fraction of sp³-hybridized carbons (Fsp3) is 0.0370. The fourth-order valence-corrected chi connectivity index (χ4v) is 3.71. The van der Waals surface area contributed by atoms with E-state index in [9.17, 15) is 25.3 Å². The standard InChI is InChI=1S/C27H18N4O7/c1-16-5-9-25-22(11-16)29-27(38-25)21-13-18(6-8-24(21)32)28-15-17-3-2-4-20(12-17)37-26-10-7-19(30(33)34)14-23(26)31(35)36/h2-15,32H,1H3. The summed E-state index contributed by atoms with van der Waals surface area (Å²) in [4.78, 5) is 29.8. The zero-order chi connectivity index (χ0) is 26.8. The van der Waals surface area contributed by atoms with Crippen molar-refractivity contribution in [2.75, 3.05) is 0 Å². The summed E-state index contributed by atoms with van der Waals surface area (Å²) in [6.07, 6.45) is 1.56. The topological polar surface area (TPSA) is 154 Å². The average molecular weight is 510 g/mol. The van der Waals surface area contributed by atoms with Gasteiger partial charge in [-0.05, 0) is 66.6 Å². The van der Waals surface area contributed by atoms with E-state index in [1.165, 1.54) is 12.1 Å². The van der Waals surface area contributed by atoms with Gasteiger partial charge >= 0.3 is 5.69 Å². The minimum atomic E-state index is -0.742. The number of nitrogens with zero attached hydrogens (tertiary/aromatic N) is 4. The van der Waals surface area contributed by atoms with Crippen LogP contribution in [-0.4, -0.2) is 26.2 Å². The molecule has 11 heteroatoms. The molecule has 0 spiro atoms. The van der Waals surface area contributed by atoms with Crippen molar-refractivity contribution in [3.8, 4) is 28.7 Å².